The monoisotopic (exact) mass is 669 g/mol. The Hall–Kier alpha value is -2.71. The maximum absolute atomic E-state index is 14.0. The Bertz CT molecular complexity index is 1180. The van der Waals surface area contributed by atoms with Crippen LogP contribution in [0.3, 0.4) is 0 Å². The lowest BCUT2D eigenvalue weighted by molar-refractivity contribution is -0.297. The standard InChI is InChI=1S/C34H55NO12/c1-13-26-33(8,41)16-24(17-43-22(6)36)27(38)18(2)15-34(9,42-12)30(20(4)28(39)21(5)31(40)46-26)47-32-29(45-23(7)37)25(35(10)11)14-19(3)44-32/h16,18-21,25-26,29-30,32,41H,13-15,17H2,1-12H3/b24-16+/t18-,19-,20+,21-,25+,26-,29-,30-,32+,33-,34-/m1/s1. The first kappa shape index (κ1) is 40.5. The van der Waals surface area contributed by atoms with Gasteiger partial charge in [0.15, 0.2) is 24.0 Å². The van der Waals surface area contributed by atoms with Crippen LogP contribution in [0.25, 0.3) is 0 Å². The first-order valence-electron chi connectivity index (χ1n) is 16.2. The van der Waals surface area contributed by atoms with E-state index in [1.54, 1.807) is 27.7 Å². The highest BCUT2D eigenvalue weighted by atomic mass is 16.7. The molecular formula is C34H55NO12. The molecule has 0 bridgehead atoms. The largest absolute Gasteiger partial charge is 0.461 e. The van der Waals surface area contributed by atoms with Crippen molar-refractivity contribution in [2.45, 2.75) is 130 Å². The van der Waals surface area contributed by atoms with Crippen LogP contribution in [0.4, 0.5) is 0 Å². The van der Waals surface area contributed by atoms with Crippen molar-refractivity contribution in [3.63, 3.8) is 0 Å². The first-order chi connectivity index (χ1) is 21.7. The van der Waals surface area contributed by atoms with Gasteiger partial charge in [-0.25, -0.2) is 0 Å². The molecule has 0 saturated carbocycles. The Morgan fingerprint density at radius 2 is 1.68 bits per heavy atom. The molecule has 0 spiro atoms. The highest BCUT2D eigenvalue weighted by Gasteiger charge is 2.51. The van der Waals surface area contributed by atoms with E-state index >= 15 is 0 Å². The van der Waals surface area contributed by atoms with Gasteiger partial charge in [0.05, 0.1) is 23.9 Å². The van der Waals surface area contributed by atoms with Gasteiger partial charge in [0.1, 0.15) is 24.2 Å². The minimum Gasteiger partial charge on any atom is -0.461 e. The van der Waals surface area contributed by atoms with Crippen molar-refractivity contribution in [3.8, 4) is 0 Å². The molecule has 1 fully saturated rings. The van der Waals surface area contributed by atoms with Gasteiger partial charge < -0.3 is 38.4 Å². The van der Waals surface area contributed by atoms with Crippen LogP contribution in [0.15, 0.2) is 11.6 Å². The lowest BCUT2D eigenvalue weighted by Crippen LogP contribution is -2.60. The molecule has 1 saturated heterocycles. The van der Waals surface area contributed by atoms with Gasteiger partial charge >= 0.3 is 17.9 Å². The van der Waals surface area contributed by atoms with Crippen LogP contribution < -0.4 is 0 Å². The number of esters is 3. The molecule has 0 aromatic carbocycles. The maximum atomic E-state index is 14.0. The van der Waals surface area contributed by atoms with Gasteiger partial charge in [0, 0.05) is 38.4 Å². The van der Waals surface area contributed by atoms with E-state index in [9.17, 15) is 29.1 Å². The molecule has 0 radical (unpaired) electrons. The molecular weight excluding hydrogens is 614 g/mol. The molecule has 268 valence electrons. The Kier molecular flexibility index (Phi) is 14.3. The molecule has 11 atom stereocenters. The summed E-state index contributed by atoms with van der Waals surface area (Å²) in [5.41, 5.74) is -3.18. The molecule has 13 nitrogen and oxygen atoms in total. The molecule has 0 unspecified atom stereocenters. The van der Waals surface area contributed by atoms with Crippen LogP contribution >= 0.6 is 0 Å². The maximum Gasteiger partial charge on any atom is 0.316 e. The number of rotatable bonds is 8. The van der Waals surface area contributed by atoms with Gasteiger partial charge in [0.2, 0.25) is 0 Å². The first-order valence-corrected chi connectivity index (χ1v) is 16.2. The predicted octanol–water partition coefficient (Wildman–Crippen LogP) is 2.79. The fourth-order valence-corrected chi connectivity index (χ4v) is 6.55. The predicted molar refractivity (Wildman–Crippen MR) is 170 cm³/mol. The molecule has 2 heterocycles. The summed E-state index contributed by atoms with van der Waals surface area (Å²) in [6.07, 6.45) is -2.59. The molecule has 0 aromatic heterocycles. The lowest BCUT2D eigenvalue weighted by Gasteiger charge is -2.47. The van der Waals surface area contributed by atoms with Gasteiger partial charge in [-0.2, -0.15) is 0 Å². The van der Waals surface area contributed by atoms with Crippen molar-refractivity contribution >= 4 is 29.5 Å². The Morgan fingerprint density at radius 3 is 2.19 bits per heavy atom. The zero-order valence-electron chi connectivity index (χ0n) is 30.0. The molecule has 2 aliphatic heterocycles. The van der Waals surface area contributed by atoms with E-state index in [2.05, 4.69) is 0 Å². The van der Waals surface area contributed by atoms with Gasteiger partial charge in [-0.15, -0.1) is 0 Å². The van der Waals surface area contributed by atoms with Crippen molar-refractivity contribution in [1.29, 1.82) is 0 Å². The third-order valence-electron chi connectivity index (χ3n) is 9.24. The summed E-state index contributed by atoms with van der Waals surface area (Å²) in [6.45, 7) is 13.4. The number of cyclic esters (lactones) is 1. The number of nitrogens with zero attached hydrogens (tertiary/aromatic N) is 1. The van der Waals surface area contributed by atoms with E-state index in [-0.39, 0.29) is 30.6 Å². The average Bonchev–Trinajstić information content (AvgIpc) is 2.98. The third kappa shape index (κ3) is 10.1. The van der Waals surface area contributed by atoms with Crippen LogP contribution in [0, 0.1) is 17.8 Å². The highest BCUT2D eigenvalue weighted by Crippen LogP contribution is 2.38. The summed E-state index contributed by atoms with van der Waals surface area (Å²) >= 11 is 0. The summed E-state index contributed by atoms with van der Waals surface area (Å²) in [4.78, 5) is 67.3. The Balaban J connectivity index is 2.74. The summed E-state index contributed by atoms with van der Waals surface area (Å²) in [5.74, 6) is -6.07. The van der Waals surface area contributed by atoms with E-state index in [0.29, 0.717) is 6.42 Å². The molecule has 2 aliphatic rings. The quantitative estimate of drug-likeness (QED) is 0.228. The second-order valence-corrected chi connectivity index (χ2v) is 13.6. The van der Waals surface area contributed by atoms with Gasteiger partial charge in [-0.3, -0.25) is 24.0 Å². The number of likely N-dealkylation sites (N-methyl/N-ethyl adjacent to an activating group) is 1. The van der Waals surface area contributed by atoms with E-state index < -0.39 is 89.6 Å². The minimum atomic E-state index is -1.84. The molecule has 0 aromatic rings. The zero-order valence-corrected chi connectivity index (χ0v) is 30.0. The topological polar surface area (TPSA) is 164 Å². The lowest BCUT2D eigenvalue weighted by atomic mass is 9.76. The van der Waals surface area contributed by atoms with Crippen molar-refractivity contribution in [2.24, 2.45) is 17.8 Å². The molecule has 2 rings (SSSR count). The second-order valence-electron chi connectivity index (χ2n) is 13.6. The van der Waals surface area contributed by atoms with E-state index in [0.717, 1.165) is 0 Å². The molecule has 1 N–H and O–H groups in total. The number of hydrogen-bond donors (Lipinski definition) is 1. The van der Waals surface area contributed by atoms with Crippen molar-refractivity contribution < 1.29 is 57.5 Å². The highest BCUT2D eigenvalue weighted by molar-refractivity contribution is 6.00. The van der Waals surface area contributed by atoms with Crippen molar-refractivity contribution in [1.82, 2.24) is 4.90 Å². The second kappa shape index (κ2) is 16.6. The van der Waals surface area contributed by atoms with E-state index in [1.165, 1.54) is 40.9 Å². The number of carbonyl (C=O) groups excluding carboxylic acids is 5. The summed E-state index contributed by atoms with van der Waals surface area (Å²) in [5, 5.41) is 11.4. The van der Waals surface area contributed by atoms with Gasteiger partial charge in [-0.1, -0.05) is 20.8 Å². The SMILES string of the molecule is CC[C@H]1OC(=O)[C@H](C)C(=O)[C@H](C)[C@@H](O[C@@H]2O[C@H](C)C[C@H](N(C)C)[C@H]2OC(C)=O)[C@](C)(OC)C[C@@H](C)C(=O)/C(COC(C)=O)=C/[C@@]1(C)O. The molecule has 13 heteroatoms. The number of aliphatic hydroxyl groups is 1. The van der Waals surface area contributed by atoms with E-state index in [4.69, 9.17) is 28.4 Å². The fraction of sp³-hybridized carbons (Fsp3) is 0.794. The van der Waals surface area contributed by atoms with E-state index in [1.807, 2.05) is 25.9 Å². The van der Waals surface area contributed by atoms with Crippen LogP contribution in [-0.4, -0.2) is 115 Å². The summed E-state index contributed by atoms with van der Waals surface area (Å²) in [6, 6.07) is -0.284. The van der Waals surface area contributed by atoms with Crippen LogP contribution in [-0.2, 0) is 52.4 Å². The number of carbonyl (C=O) groups is 5. The summed E-state index contributed by atoms with van der Waals surface area (Å²) in [7, 11) is 5.13. The van der Waals surface area contributed by atoms with Gasteiger partial charge in [-0.05, 0) is 67.1 Å². The molecule has 47 heavy (non-hydrogen) atoms. The third-order valence-corrected chi connectivity index (χ3v) is 9.24. The summed E-state index contributed by atoms with van der Waals surface area (Å²) < 4.78 is 35.4. The van der Waals surface area contributed by atoms with Crippen molar-refractivity contribution in [2.75, 3.05) is 27.8 Å². The Labute approximate surface area is 278 Å². The number of ether oxygens (including phenoxy) is 6. The fourth-order valence-electron chi connectivity index (χ4n) is 6.55. The molecule has 0 aliphatic carbocycles. The van der Waals surface area contributed by atoms with Crippen LogP contribution in [0.5, 0.6) is 0 Å². The number of ketones is 2. The number of Topliss-reactive ketones (excluding diaryl/α,β-unsaturated/α-hetero) is 2. The zero-order chi connectivity index (χ0) is 36.0. The normalized spacial score (nSPS) is 39.0. The average molecular weight is 670 g/mol. The Morgan fingerprint density at radius 1 is 1.06 bits per heavy atom. The van der Waals surface area contributed by atoms with Gasteiger partial charge in [0.25, 0.3) is 0 Å². The van der Waals surface area contributed by atoms with Crippen LogP contribution in [0.2, 0.25) is 0 Å². The smallest absolute Gasteiger partial charge is 0.316 e. The minimum absolute atomic E-state index is 0.00513. The molecule has 0 amide bonds. The number of hydrogen-bond acceptors (Lipinski definition) is 13. The number of methoxy groups -OCH3 is 1. The van der Waals surface area contributed by atoms with Crippen molar-refractivity contribution in [3.05, 3.63) is 11.6 Å². The van der Waals surface area contributed by atoms with Crippen LogP contribution in [0.1, 0.15) is 81.6 Å².